The van der Waals surface area contributed by atoms with Crippen molar-refractivity contribution in [3.8, 4) is 5.75 Å². The van der Waals surface area contributed by atoms with Crippen LogP contribution in [0.2, 0.25) is 0 Å². The van der Waals surface area contributed by atoms with Crippen LogP contribution >= 0.6 is 0 Å². The number of rotatable bonds is 3. The van der Waals surface area contributed by atoms with Gasteiger partial charge in [0.05, 0.1) is 6.54 Å². The Balaban J connectivity index is 2.04. The van der Waals surface area contributed by atoms with Crippen molar-refractivity contribution < 1.29 is 9.84 Å². The highest BCUT2D eigenvalue weighted by Crippen LogP contribution is 2.30. The van der Waals surface area contributed by atoms with E-state index in [1.165, 1.54) is 0 Å². The second-order valence-electron chi connectivity index (χ2n) is 4.08. The van der Waals surface area contributed by atoms with Gasteiger partial charge in [0.15, 0.2) is 5.90 Å². The lowest BCUT2D eigenvalue weighted by Crippen LogP contribution is -2.20. The fourth-order valence-corrected chi connectivity index (χ4v) is 1.73. The van der Waals surface area contributed by atoms with Crippen molar-refractivity contribution in [2.45, 2.75) is 25.5 Å². The summed E-state index contributed by atoms with van der Waals surface area (Å²) in [7, 11) is 0. The quantitative estimate of drug-likeness (QED) is 0.813. The first-order valence-corrected chi connectivity index (χ1v) is 5.40. The van der Waals surface area contributed by atoms with Gasteiger partial charge >= 0.3 is 0 Å². The molecule has 86 valence electrons. The summed E-state index contributed by atoms with van der Waals surface area (Å²) in [5.74, 6) is 0.938. The van der Waals surface area contributed by atoms with Crippen molar-refractivity contribution in [1.29, 1.82) is 0 Å². The number of para-hydroxylation sites is 1. The highest BCUT2D eigenvalue weighted by atomic mass is 16.5. The molecule has 0 saturated carbocycles. The van der Waals surface area contributed by atoms with E-state index in [9.17, 15) is 5.11 Å². The summed E-state index contributed by atoms with van der Waals surface area (Å²) < 4.78 is 5.65. The highest BCUT2D eigenvalue weighted by molar-refractivity contribution is 5.78. The summed E-state index contributed by atoms with van der Waals surface area (Å²) >= 11 is 0. The zero-order valence-corrected chi connectivity index (χ0v) is 9.26. The molecule has 0 bridgehead atoms. The molecule has 0 fully saturated rings. The van der Waals surface area contributed by atoms with Gasteiger partial charge in [-0.25, -0.2) is 0 Å². The van der Waals surface area contributed by atoms with E-state index in [4.69, 9.17) is 10.5 Å². The average Bonchev–Trinajstić information content (AvgIpc) is 2.66. The summed E-state index contributed by atoms with van der Waals surface area (Å²) in [6.45, 7) is 2.47. The van der Waals surface area contributed by atoms with E-state index < -0.39 is 0 Å². The van der Waals surface area contributed by atoms with Gasteiger partial charge in [-0.3, -0.25) is 4.99 Å². The Morgan fingerprint density at radius 3 is 3.00 bits per heavy atom. The molecule has 1 aliphatic heterocycles. The van der Waals surface area contributed by atoms with Crippen LogP contribution in [-0.2, 0) is 4.74 Å². The lowest BCUT2D eigenvalue weighted by atomic mass is 10.1. The molecule has 0 spiro atoms. The fraction of sp³-hybridized carbons (Fsp3) is 0.417. The molecule has 0 aliphatic carbocycles. The number of ether oxygens (including phenoxy) is 1. The molecule has 2 unspecified atom stereocenters. The van der Waals surface area contributed by atoms with Crippen LogP contribution in [-0.4, -0.2) is 23.6 Å². The van der Waals surface area contributed by atoms with Crippen LogP contribution in [0.25, 0.3) is 0 Å². The molecule has 1 aromatic carbocycles. The molecule has 1 aliphatic rings. The van der Waals surface area contributed by atoms with Crippen molar-refractivity contribution in [1.82, 2.24) is 0 Å². The zero-order valence-electron chi connectivity index (χ0n) is 9.26. The third-order valence-electron chi connectivity index (χ3n) is 2.49. The predicted octanol–water partition coefficient (Wildman–Crippen LogP) is 1.60. The SMILES string of the molecule is CC(N)CC1=NCC(c2ccccc2O)O1. The topological polar surface area (TPSA) is 67.8 Å². The standard InChI is InChI=1S/C12H16N2O2/c1-8(13)6-12-14-7-11(16-12)9-4-2-3-5-10(9)15/h2-5,8,11,15H,6-7,13H2,1H3. The largest absolute Gasteiger partial charge is 0.508 e. The molecule has 1 heterocycles. The summed E-state index contributed by atoms with van der Waals surface area (Å²) in [5, 5.41) is 9.68. The third kappa shape index (κ3) is 2.33. The van der Waals surface area contributed by atoms with Gasteiger partial charge < -0.3 is 15.6 Å². The van der Waals surface area contributed by atoms with E-state index in [-0.39, 0.29) is 17.9 Å². The van der Waals surface area contributed by atoms with Crippen LogP contribution in [0.5, 0.6) is 5.75 Å². The Morgan fingerprint density at radius 1 is 1.56 bits per heavy atom. The number of hydrogen-bond acceptors (Lipinski definition) is 4. The number of aromatic hydroxyl groups is 1. The van der Waals surface area contributed by atoms with Gasteiger partial charge in [-0.05, 0) is 13.0 Å². The van der Waals surface area contributed by atoms with Gasteiger partial charge in [-0.1, -0.05) is 18.2 Å². The van der Waals surface area contributed by atoms with Crippen LogP contribution < -0.4 is 5.73 Å². The molecule has 1 aromatic rings. The summed E-state index contributed by atoms with van der Waals surface area (Å²) in [6.07, 6.45) is 0.472. The second kappa shape index (κ2) is 4.53. The molecule has 0 radical (unpaired) electrons. The van der Waals surface area contributed by atoms with Gasteiger partial charge in [0.2, 0.25) is 0 Å². The maximum atomic E-state index is 9.68. The first kappa shape index (κ1) is 11.0. The normalized spacial score (nSPS) is 21.4. The Morgan fingerprint density at radius 2 is 2.31 bits per heavy atom. The minimum absolute atomic E-state index is 0.0434. The average molecular weight is 220 g/mol. The van der Waals surface area contributed by atoms with E-state index in [2.05, 4.69) is 4.99 Å². The molecule has 0 aromatic heterocycles. The summed E-state index contributed by atoms with van der Waals surface area (Å²) in [6, 6.07) is 7.22. The van der Waals surface area contributed by atoms with Gasteiger partial charge in [0.25, 0.3) is 0 Å². The Kier molecular flexibility index (Phi) is 3.10. The summed E-state index contributed by atoms with van der Waals surface area (Å²) in [4.78, 5) is 4.28. The van der Waals surface area contributed by atoms with E-state index in [0.29, 0.717) is 18.9 Å². The molecule has 16 heavy (non-hydrogen) atoms. The molecular formula is C12H16N2O2. The third-order valence-corrected chi connectivity index (χ3v) is 2.49. The van der Waals surface area contributed by atoms with Crippen molar-refractivity contribution in [3.05, 3.63) is 29.8 Å². The maximum Gasteiger partial charge on any atom is 0.185 e. The molecule has 0 saturated heterocycles. The fourth-order valence-electron chi connectivity index (χ4n) is 1.73. The van der Waals surface area contributed by atoms with E-state index in [0.717, 1.165) is 5.56 Å². The Labute approximate surface area is 94.8 Å². The number of nitrogens with zero attached hydrogens (tertiary/aromatic N) is 1. The van der Waals surface area contributed by atoms with E-state index in [1.54, 1.807) is 12.1 Å². The van der Waals surface area contributed by atoms with Crippen LogP contribution in [0, 0.1) is 0 Å². The number of benzene rings is 1. The molecule has 2 atom stereocenters. The van der Waals surface area contributed by atoms with Crippen molar-refractivity contribution in [3.63, 3.8) is 0 Å². The second-order valence-corrected chi connectivity index (χ2v) is 4.08. The number of phenolic OH excluding ortho intramolecular Hbond substituents is 1. The highest BCUT2D eigenvalue weighted by Gasteiger charge is 2.23. The van der Waals surface area contributed by atoms with Gasteiger partial charge in [-0.2, -0.15) is 0 Å². The smallest absolute Gasteiger partial charge is 0.185 e. The van der Waals surface area contributed by atoms with E-state index in [1.807, 2.05) is 19.1 Å². The maximum absolute atomic E-state index is 9.68. The number of hydrogen-bond donors (Lipinski definition) is 2. The van der Waals surface area contributed by atoms with Gasteiger partial charge in [-0.15, -0.1) is 0 Å². The van der Waals surface area contributed by atoms with Crippen molar-refractivity contribution >= 4 is 5.90 Å². The molecule has 4 heteroatoms. The van der Waals surface area contributed by atoms with Crippen LogP contribution in [0.3, 0.4) is 0 Å². The number of nitrogens with two attached hydrogens (primary N) is 1. The van der Waals surface area contributed by atoms with Crippen molar-refractivity contribution in [2.24, 2.45) is 10.7 Å². The van der Waals surface area contributed by atoms with Crippen LogP contribution in [0.4, 0.5) is 0 Å². The molecule has 2 rings (SSSR count). The number of aliphatic imine (C=N–C) groups is 1. The number of phenols is 1. The van der Waals surface area contributed by atoms with Gasteiger partial charge in [0, 0.05) is 18.0 Å². The van der Waals surface area contributed by atoms with Crippen molar-refractivity contribution in [2.75, 3.05) is 6.54 Å². The van der Waals surface area contributed by atoms with Crippen LogP contribution in [0.15, 0.2) is 29.3 Å². The predicted molar refractivity (Wildman–Crippen MR) is 62.5 cm³/mol. The first-order valence-electron chi connectivity index (χ1n) is 5.40. The first-order chi connectivity index (χ1) is 7.66. The van der Waals surface area contributed by atoms with E-state index >= 15 is 0 Å². The molecule has 4 nitrogen and oxygen atoms in total. The van der Waals surface area contributed by atoms with Crippen LogP contribution in [0.1, 0.15) is 25.0 Å². The Bertz CT molecular complexity index is 402. The van der Waals surface area contributed by atoms with Gasteiger partial charge in [0.1, 0.15) is 11.9 Å². The Hall–Kier alpha value is -1.55. The lowest BCUT2D eigenvalue weighted by molar-refractivity contribution is 0.218. The zero-order chi connectivity index (χ0) is 11.5. The monoisotopic (exact) mass is 220 g/mol. The minimum Gasteiger partial charge on any atom is -0.508 e. The summed E-state index contributed by atoms with van der Waals surface area (Å²) in [5.41, 5.74) is 6.46. The molecular weight excluding hydrogens is 204 g/mol. The minimum atomic E-state index is -0.171. The molecule has 0 amide bonds. The lowest BCUT2D eigenvalue weighted by Gasteiger charge is -2.13. The molecule has 3 N–H and O–H groups in total.